The summed E-state index contributed by atoms with van der Waals surface area (Å²) in [6, 6.07) is 3.91. The normalized spacial score (nSPS) is 15.7. The first-order chi connectivity index (χ1) is 11.9. The molecular weight excluding hydrogens is 352 g/mol. The molecule has 0 spiro atoms. The van der Waals surface area contributed by atoms with Crippen molar-refractivity contribution in [3.63, 3.8) is 0 Å². The third-order valence-electron chi connectivity index (χ3n) is 5.55. The standard InChI is InChI=1S/C20H32N2O3.ClH/c1-15-10-17(24-3)18(25-4)11-16(15)13-22(2)19(23)12-20(14-21)8-6-5-7-9-20;/h10-11H,5-9,12-14,21H2,1-4H3;1H. The Kier molecular flexibility index (Phi) is 8.71. The zero-order valence-corrected chi connectivity index (χ0v) is 17.3. The molecule has 0 saturated heterocycles. The third-order valence-corrected chi connectivity index (χ3v) is 5.55. The van der Waals surface area contributed by atoms with Crippen molar-refractivity contribution in [1.82, 2.24) is 4.90 Å². The first-order valence-corrected chi connectivity index (χ1v) is 9.10. The van der Waals surface area contributed by atoms with Gasteiger partial charge in [-0.15, -0.1) is 12.4 Å². The summed E-state index contributed by atoms with van der Waals surface area (Å²) < 4.78 is 10.7. The summed E-state index contributed by atoms with van der Waals surface area (Å²) in [5, 5.41) is 0. The fourth-order valence-electron chi connectivity index (χ4n) is 3.75. The van der Waals surface area contributed by atoms with Gasteiger partial charge in [0.15, 0.2) is 11.5 Å². The molecule has 0 unspecified atom stereocenters. The van der Waals surface area contributed by atoms with Gasteiger partial charge in [0.1, 0.15) is 0 Å². The Morgan fingerprint density at radius 2 is 1.73 bits per heavy atom. The first-order valence-electron chi connectivity index (χ1n) is 9.10. The van der Waals surface area contributed by atoms with Gasteiger partial charge in [0.05, 0.1) is 14.2 Å². The van der Waals surface area contributed by atoms with E-state index in [4.69, 9.17) is 15.2 Å². The molecule has 26 heavy (non-hydrogen) atoms. The topological polar surface area (TPSA) is 64.8 Å². The van der Waals surface area contributed by atoms with Gasteiger partial charge < -0.3 is 20.1 Å². The number of hydrogen-bond donors (Lipinski definition) is 1. The number of methoxy groups -OCH3 is 2. The Balaban J connectivity index is 0.00000338. The van der Waals surface area contributed by atoms with E-state index in [1.807, 2.05) is 26.1 Å². The van der Waals surface area contributed by atoms with Crippen LogP contribution in [0.4, 0.5) is 0 Å². The van der Waals surface area contributed by atoms with E-state index in [0.29, 0.717) is 31.0 Å². The molecule has 0 heterocycles. The van der Waals surface area contributed by atoms with Crippen molar-refractivity contribution < 1.29 is 14.3 Å². The Morgan fingerprint density at radius 3 is 2.27 bits per heavy atom. The van der Waals surface area contributed by atoms with E-state index < -0.39 is 0 Å². The average Bonchev–Trinajstić information content (AvgIpc) is 2.63. The van der Waals surface area contributed by atoms with E-state index >= 15 is 0 Å². The van der Waals surface area contributed by atoms with Crippen molar-refractivity contribution in [2.75, 3.05) is 27.8 Å². The number of nitrogens with zero attached hydrogens (tertiary/aromatic N) is 1. The van der Waals surface area contributed by atoms with E-state index in [1.54, 1.807) is 19.1 Å². The fourth-order valence-corrected chi connectivity index (χ4v) is 3.75. The van der Waals surface area contributed by atoms with Crippen LogP contribution in [0.3, 0.4) is 0 Å². The van der Waals surface area contributed by atoms with Crippen LogP contribution in [0.5, 0.6) is 11.5 Å². The van der Waals surface area contributed by atoms with Crippen LogP contribution in [0.15, 0.2) is 12.1 Å². The molecule has 5 nitrogen and oxygen atoms in total. The smallest absolute Gasteiger partial charge is 0.223 e. The number of hydrogen-bond acceptors (Lipinski definition) is 4. The van der Waals surface area contributed by atoms with Crippen LogP contribution in [-0.4, -0.2) is 38.6 Å². The van der Waals surface area contributed by atoms with E-state index in [0.717, 1.165) is 24.0 Å². The summed E-state index contributed by atoms with van der Waals surface area (Å²) in [5.41, 5.74) is 8.18. The van der Waals surface area contributed by atoms with Crippen molar-refractivity contribution in [1.29, 1.82) is 0 Å². The number of carbonyl (C=O) groups is 1. The molecule has 2 N–H and O–H groups in total. The van der Waals surface area contributed by atoms with Gasteiger partial charge in [0.25, 0.3) is 0 Å². The van der Waals surface area contributed by atoms with Crippen molar-refractivity contribution in [3.05, 3.63) is 23.3 Å². The molecule has 0 aromatic heterocycles. The lowest BCUT2D eigenvalue weighted by Crippen LogP contribution is -2.39. The second-order valence-electron chi connectivity index (χ2n) is 7.33. The number of carbonyl (C=O) groups excluding carboxylic acids is 1. The van der Waals surface area contributed by atoms with E-state index in [2.05, 4.69) is 0 Å². The summed E-state index contributed by atoms with van der Waals surface area (Å²) >= 11 is 0. The molecule has 0 radical (unpaired) electrons. The third kappa shape index (κ3) is 5.27. The lowest BCUT2D eigenvalue weighted by molar-refractivity contribution is -0.133. The number of halogens is 1. The van der Waals surface area contributed by atoms with Crippen LogP contribution in [0, 0.1) is 12.3 Å². The molecule has 148 valence electrons. The molecule has 1 saturated carbocycles. The van der Waals surface area contributed by atoms with Crippen molar-refractivity contribution in [2.24, 2.45) is 11.1 Å². The molecule has 1 aromatic rings. The molecule has 6 heteroatoms. The minimum Gasteiger partial charge on any atom is -0.493 e. The number of aryl methyl sites for hydroxylation is 1. The van der Waals surface area contributed by atoms with Gasteiger partial charge in [0.2, 0.25) is 5.91 Å². The number of nitrogens with two attached hydrogens (primary N) is 1. The van der Waals surface area contributed by atoms with Gasteiger partial charge in [-0.1, -0.05) is 19.3 Å². The molecule has 1 aliphatic carbocycles. The number of ether oxygens (including phenoxy) is 2. The quantitative estimate of drug-likeness (QED) is 0.778. The highest BCUT2D eigenvalue weighted by Crippen LogP contribution is 2.39. The summed E-state index contributed by atoms with van der Waals surface area (Å²) in [6.45, 7) is 3.19. The minimum absolute atomic E-state index is 0. The number of rotatable bonds is 7. The fraction of sp³-hybridized carbons (Fsp3) is 0.650. The maximum atomic E-state index is 12.8. The van der Waals surface area contributed by atoms with Gasteiger partial charge in [-0.05, 0) is 55.0 Å². The molecule has 1 amide bonds. The number of benzene rings is 1. The second-order valence-corrected chi connectivity index (χ2v) is 7.33. The molecule has 1 aromatic carbocycles. The van der Waals surface area contributed by atoms with Crippen molar-refractivity contribution >= 4 is 18.3 Å². The lowest BCUT2D eigenvalue weighted by Gasteiger charge is -2.36. The second kappa shape index (κ2) is 10.0. The average molecular weight is 385 g/mol. The molecular formula is C20H33ClN2O3. The summed E-state index contributed by atoms with van der Waals surface area (Å²) in [6.07, 6.45) is 6.31. The Bertz CT molecular complexity index is 601. The highest BCUT2D eigenvalue weighted by Gasteiger charge is 2.33. The highest BCUT2D eigenvalue weighted by atomic mass is 35.5. The van der Waals surface area contributed by atoms with E-state index in [1.165, 1.54) is 19.3 Å². The van der Waals surface area contributed by atoms with Crippen molar-refractivity contribution in [2.45, 2.75) is 52.0 Å². The van der Waals surface area contributed by atoms with Crippen LogP contribution in [0.1, 0.15) is 49.7 Å². The minimum atomic E-state index is -0.00373. The Hall–Kier alpha value is -1.46. The van der Waals surface area contributed by atoms with Crippen LogP contribution < -0.4 is 15.2 Å². The van der Waals surface area contributed by atoms with Crippen molar-refractivity contribution in [3.8, 4) is 11.5 Å². The predicted octanol–water partition coefficient (Wildman–Crippen LogP) is 3.69. The molecule has 0 atom stereocenters. The highest BCUT2D eigenvalue weighted by molar-refractivity contribution is 5.85. The summed E-state index contributed by atoms with van der Waals surface area (Å²) in [5.74, 6) is 1.57. The van der Waals surface area contributed by atoms with Crippen LogP contribution in [-0.2, 0) is 11.3 Å². The van der Waals surface area contributed by atoms with Gasteiger partial charge in [-0.3, -0.25) is 4.79 Å². The molecule has 0 bridgehead atoms. The summed E-state index contributed by atoms with van der Waals surface area (Å²) in [7, 11) is 5.12. The van der Waals surface area contributed by atoms with Crippen LogP contribution in [0.25, 0.3) is 0 Å². The maximum absolute atomic E-state index is 12.8. The van der Waals surface area contributed by atoms with Crippen LogP contribution in [0.2, 0.25) is 0 Å². The van der Waals surface area contributed by atoms with Gasteiger partial charge in [0, 0.05) is 20.0 Å². The zero-order chi connectivity index (χ0) is 18.4. The largest absolute Gasteiger partial charge is 0.493 e. The predicted molar refractivity (Wildman–Crippen MR) is 107 cm³/mol. The number of amides is 1. The van der Waals surface area contributed by atoms with Crippen LogP contribution >= 0.6 is 12.4 Å². The molecule has 0 aliphatic heterocycles. The SMILES string of the molecule is COc1cc(C)c(CN(C)C(=O)CC2(CN)CCCCC2)cc1OC.Cl. The monoisotopic (exact) mass is 384 g/mol. The van der Waals surface area contributed by atoms with E-state index in [-0.39, 0.29) is 23.7 Å². The maximum Gasteiger partial charge on any atom is 0.223 e. The zero-order valence-electron chi connectivity index (χ0n) is 16.5. The van der Waals surface area contributed by atoms with Gasteiger partial charge in [-0.2, -0.15) is 0 Å². The summed E-state index contributed by atoms with van der Waals surface area (Å²) in [4.78, 5) is 14.6. The van der Waals surface area contributed by atoms with E-state index in [9.17, 15) is 4.79 Å². The Morgan fingerprint density at radius 1 is 1.15 bits per heavy atom. The lowest BCUT2D eigenvalue weighted by atomic mass is 9.71. The van der Waals surface area contributed by atoms with Gasteiger partial charge in [-0.25, -0.2) is 0 Å². The van der Waals surface area contributed by atoms with Gasteiger partial charge >= 0.3 is 0 Å². The molecule has 1 fully saturated rings. The Labute approximate surface area is 163 Å². The first kappa shape index (κ1) is 22.6. The molecule has 2 rings (SSSR count). The molecule has 1 aliphatic rings.